The number of aromatic nitrogens is 1. The standard InChI is InChI=1S/C18H24N2O3S/c1-4-11-23-18-9-8-16(12-17(18)14(2)3)24(21,22)20-13-15-7-5-6-10-19-15/h5-10,12,14,20H,4,11,13H2,1-3H3. The van der Waals surface area contributed by atoms with E-state index in [1.807, 2.05) is 26.8 Å². The predicted molar refractivity (Wildman–Crippen MR) is 94.6 cm³/mol. The van der Waals surface area contributed by atoms with E-state index in [1.165, 1.54) is 0 Å². The van der Waals surface area contributed by atoms with Crippen LogP contribution in [-0.4, -0.2) is 20.0 Å². The van der Waals surface area contributed by atoms with E-state index in [9.17, 15) is 8.42 Å². The molecule has 0 aliphatic carbocycles. The molecule has 1 N–H and O–H groups in total. The monoisotopic (exact) mass is 348 g/mol. The topological polar surface area (TPSA) is 68.3 Å². The average molecular weight is 348 g/mol. The Kier molecular flexibility index (Phi) is 6.34. The Hall–Kier alpha value is -1.92. The Balaban J connectivity index is 2.21. The molecule has 1 aromatic heterocycles. The number of ether oxygens (including phenoxy) is 1. The van der Waals surface area contributed by atoms with Crippen molar-refractivity contribution in [2.45, 2.75) is 44.6 Å². The quantitative estimate of drug-likeness (QED) is 0.793. The number of rotatable bonds is 8. The zero-order chi connectivity index (χ0) is 17.6. The normalized spacial score (nSPS) is 11.7. The molecule has 2 rings (SSSR count). The molecule has 0 aliphatic heterocycles. The van der Waals surface area contributed by atoms with Gasteiger partial charge in [-0.05, 0) is 48.2 Å². The van der Waals surface area contributed by atoms with Crippen molar-refractivity contribution in [2.75, 3.05) is 6.61 Å². The average Bonchev–Trinajstić information content (AvgIpc) is 2.59. The third-order valence-corrected chi connectivity index (χ3v) is 4.94. The minimum atomic E-state index is -3.60. The van der Waals surface area contributed by atoms with Gasteiger partial charge in [0.1, 0.15) is 5.75 Å². The second-order valence-electron chi connectivity index (χ2n) is 5.85. The smallest absolute Gasteiger partial charge is 0.240 e. The SMILES string of the molecule is CCCOc1ccc(S(=O)(=O)NCc2ccccn2)cc1C(C)C. The molecule has 0 spiro atoms. The lowest BCUT2D eigenvalue weighted by Crippen LogP contribution is -2.24. The van der Waals surface area contributed by atoms with E-state index >= 15 is 0 Å². The molecule has 1 heterocycles. The molecule has 0 bridgehead atoms. The first-order chi connectivity index (χ1) is 11.4. The molecule has 24 heavy (non-hydrogen) atoms. The Morgan fingerprint density at radius 1 is 1.21 bits per heavy atom. The van der Waals surface area contributed by atoms with Crippen LogP contribution in [0.2, 0.25) is 0 Å². The lowest BCUT2D eigenvalue weighted by Gasteiger charge is -2.15. The summed E-state index contributed by atoms with van der Waals surface area (Å²) in [6.07, 6.45) is 2.55. The zero-order valence-electron chi connectivity index (χ0n) is 14.3. The fraction of sp³-hybridized carbons (Fsp3) is 0.389. The van der Waals surface area contributed by atoms with Gasteiger partial charge in [-0.15, -0.1) is 0 Å². The number of pyridine rings is 1. The maximum absolute atomic E-state index is 12.5. The van der Waals surface area contributed by atoms with Crippen LogP contribution in [0.5, 0.6) is 5.75 Å². The van der Waals surface area contributed by atoms with Gasteiger partial charge in [0.25, 0.3) is 0 Å². The lowest BCUT2D eigenvalue weighted by molar-refractivity contribution is 0.312. The maximum Gasteiger partial charge on any atom is 0.240 e. The first kappa shape index (κ1) is 18.4. The largest absolute Gasteiger partial charge is 0.493 e. The molecule has 130 valence electrons. The molecule has 6 heteroatoms. The minimum Gasteiger partial charge on any atom is -0.493 e. The molecule has 0 fully saturated rings. The number of hydrogen-bond donors (Lipinski definition) is 1. The lowest BCUT2D eigenvalue weighted by atomic mass is 10.0. The minimum absolute atomic E-state index is 0.161. The van der Waals surface area contributed by atoms with Crippen LogP contribution in [0.3, 0.4) is 0 Å². The van der Waals surface area contributed by atoms with Crippen LogP contribution >= 0.6 is 0 Å². The van der Waals surface area contributed by atoms with Crippen LogP contribution in [0.25, 0.3) is 0 Å². The Morgan fingerprint density at radius 3 is 2.62 bits per heavy atom. The number of hydrogen-bond acceptors (Lipinski definition) is 4. The molecule has 2 aromatic rings. The van der Waals surface area contributed by atoms with E-state index in [4.69, 9.17) is 4.74 Å². The maximum atomic E-state index is 12.5. The first-order valence-electron chi connectivity index (χ1n) is 8.10. The number of nitrogens with one attached hydrogen (secondary N) is 1. The van der Waals surface area contributed by atoms with Gasteiger partial charge in [0.05, 0.1) is 23.7 Å². The van der Waals surface area contributed by atoms with Gasteiger partial charge in [-0.2, -0.15) is 0 Å². The summed E-state index contributed by atoms with van der Waals surface area (Å²) in [6.45, 7) is 6.85. The summed E-state index contributed by atoms with van der Waals surface area (Å²) in [6, 6.07) is 10.4. The summed E-state index contributed by atoms with van der Waals surface area (Å²) in [5.41, 5.74) is 1.57. The zero-order valence-corrected chi connectivity index (χ0v) is 15.1. The van der Waals surface area contributed by atoms with Gasteiger partial charge in [0.15, 0.2) is 0 Å². The van der Waals surface area contributed by atoms with Gasteiger partial charge in [0, 0.05) is 6.20 Å². The van der Waals surface area contributed by atoms with E-state index in [0.717, 1.165) is 17.7 Å². The van der Waals surface area contributed by atoms with Gasteiger partial charge in [-0.25, -0.2) is 13.1 Å². The van der Waals surface area contributed by atoms with Crippen LogP contribution in [-0.2, 0) is 16.6 Å². The molecular formula is C18H24N2O3S. The van der Waals surface area contributed by atoms with E-state index in [-0.39, 0.29) is 17.4 Å². The second-order valence-corrected chi connectivity index (χ2v) is 7.62. The van der Waals surface area contributed by atoms with Crippen molar-refractivity contribution in [3.05, 3.63) is 53.9 Å². The highest BCUT2D eigenvalue weighted by molar-refractivity contribution is 7.89. The van der Waals surface area contributed by atoms with Crippen molar-refractivity contribution in [2.24, 2.45) is 0 Å². The molecule has 0 atom stereocenters. The fourth-order valence-electron chi connectivity index (χ4n) is 2.24. The number of sulfonamides is 1. The van der Waals surface area contributed by atoms with E-state index in [0.29, 0.717) is 12.3 Å². The second kappa shape index (κ2) is 8.26. The Labute approximate surface area is 144 Å². The van der Waals surface area contributed by atoms with Crippen molar-refractivity contribution in [3.63, 3.8) is 0 Å². The van der Waals surface area contributed by atoms with Crippen LogP contribution < -0.4 is 9.46 Å². The van der Waals surface area contributed by atoms with Crippen LogP contribution in [0, 0.1) is 0 Å². The van der Waals surface area contributed by atoms with Crippen LogP contribution in [0.1, 0.15) is 44.4 Å². The van der Waals surface area contributed by atoms with Gasteiger partial charge < -0.3 is 4.74 Å². The van der Waals surface area contributed by atoms with E-state index in [2.05, 4.69) is 9.71 Å². The summed E-state index contributed by atoms with van der Waals surface area (Å²) in [5, 5.41) is 0. The molecule has 0 radical (unpaired) electrons. The van der Waals surface area contributed by atoms with Gasteiger partial charge in [-0.3, -0.25) is 4.98 Å². The van der Waals surface area contributed by atoms with Crippen LogP contribution in [0.15, 0.2) is 47.5 Å². The molecule has 0 saturated heterocycles. The molecule has 5 nitrogen and oxygen atoms in total. The fourth-order valence-corrected chi connectivity index (χ4v) is 3.28. The number of benzene rings is 1. The van der Waals surface area contributed by atoms with Gasteiger partial charge >= 0.3 is 0 Å². The highest BCUT2D eigenvalue weighted by Gasteiger charge is 2.18. The summed E-state index contributed by atoms with van der Waals surface area (Å²) in [5.74, 6) is 0.915. The highest BCUT2D eigenvalue weighted by atomic mass is 32.2. The summed E-state index contributed by atoms with van der Waals surface area (Å²) < 4.78 is 33.4. The Morgan fingerprint density at radius 2 is 2.00 bits per heavy atom. The van der Waals surface area contributed by atoms with E-state index < -0.39 is 10.0 Å². The van der Waals surface area contributed by atoms with E-state index in [1.54, 1.807) is 36.5 Å². The third kappa shape index (κ3) is 4.79. The van der Waals surface area contributed by atoms with Crippen molar-refractivity contribution < 1.29 is 13.2 Å². The molecule has 0 unspecified atom stereocenters. The molecule has 1 aromatic carbocycles. The van der Waals surface area contributed by atoms with Crippen molar-refractivity contribution in [1.82, 2.24) is 9.71 Å². The van der Waals surface area contributed by atoms with Crippen LogP contribution in [0.4, 0.5) is 0 Å². The van der Waals surface area contributed by atoms with Gasteiger partial charge in [-0.1, -0.05) is 26.8 Å². The van der Waals surface area contributed by atoms with Crippen molar-refractivity contribution in [3.8, 4) is 5.75 Å². The molecule has 0 aliphatic rings. The highest BCUT2D eigenvalue weighted by Crippen LogP contribution is 2.29. The number of nitrogens with zero attached hydrogens (tertiary/aromatic N) is 1. The summed E-state index contributed by atoms with van der Waals surface area (Å²) >= 11 is 0. The first-order valence-corrected chi connectivity index (χ1v) is 9.58. The van der Waals surface area contributed by atoms with Crippen molar-refractivity contribution >= 4 is 10.0 Å². The predicted octanol–water partition coefficient (Wildman–Crippen LogP) is 3.47. The molecular weight excluding hydrogens is 324 g/mol. The summed E-state index contributed by atoms with van der Waals surface area (Å²) in [4.78, 5) is 4.36. The van der Waals surface area contributed by atoms with Crippen molar-refractivity contribution in [1.29, 1.82) is 0 Å². The Bertz CT molecular complexity index is 759. The third-order valence-electron chi connectivity index (χ3n) is 3.54. The molecule has 0 amide bonds. The molecule has 0 saturated carbocycles. The summed E-state index contributed by atoms with van der Waals surface area (Å²) in [7, 11) is -3.60. The van der Waals surface area contributed by atoms with Gasteiger partial charge in [0.2, 0.25) is 10.0 Å².